The summed E-state index contributed by atoms with van der Waals surface area (Å²) in [5, 5.41) is 2.78. The summed E-state index contributed by atoms with van der Waals surface area (Å²) in [7, 11) is 0. The first-order chi connectivity index (χ1) is 8.63. The second-order valence-corrected chi connectivity index (χ2v) is 4.36. The fourth-order valence-corrected chi connectivity index (χ4v) is 1.51. The zero-order chi connectivity index (χ0) is 13.4. The van der Waals surface area contributed by atoms with Gasteiger partial charge in [-0.1, -0.05) is 24.3 Å². The molecule has 0 unspecified atom stereocenters. The second kappa shape index (κ2) is 7.90. The summed E-state index contributed by atoms with van der Waals surface area (Å²) in [6.45, 7) is 7.13. The maximum absolute atomic E-state index is 11.7. The number of halogens is 1. The fourth-order valence-electron chi connectivity index (χ4n) is 1.33. The highest BCUT2D eigenvalue weighted by molar-refractivity contribution is 6.17. The monoisotopic (exact) mass is 267 g/mol. The van der Waals surface area contributed by atoms with E-state index in [0.717, 1.165) is 11.1 Å². The SMILES string of the molecule is C=C(C)COCCNC(=O)c1ccc(CCl)cc1. The fraction of sp³-hybridized carbons (Fsp3) is 0.357. The summed E-state index contributed by atoms with van der Waals surface area (Å²) < 4.78 is 5.29. The topological polar surface area (TPSA) is 38.3 Å². The van der Waals surface area contributed by atoms with E-state index < -0.39 is 0 Å². The van der Waals surface area contributed by atoms with Gasteiger partial charge in [0.25, 0.3) is 5.91 Å². The molecule has 0 aliphatic rings. The third kappa shape index (κ3) is 5.34. The Kier molecular flexibility index (Phi) is 6.47. The van der Waals surface area contributed by atoms with Crippen LogP contribution in [0.4, 0.5) is 0 Å². The molecule has 0 bridgehead atoms. The Hall–Kier alpha value is -1.32. The van der Waals surface area contributed by atoms with Gasteiger partial charge < -0.3 is 10.1 Å². The van der Waals surface area contributed by atoms with E-state index in [1.54, 1.807) is 12.1 Å². The van der Waals surface area contributed by atoms with Gasteiger partial charge in [-0.25, -0.2) is 0 Å². The molecule has 1 amide bonds. The summed E-state index contributed by atoms with van der Waals surface area (Å²) in [6.07, 6.45) is 0. The first-order valence-corrected chi connectivity index (χ1v) is 6.32. The molecule has 0 aromatic heterocycles. The van der Waals surface area contributed by atoms with Gasteiger partial charge in [0.05, 0.1) is 13.2 Å². The lowest BCUT2D eigenvalue weighted by atomic mass is 10.1. The first-order valence-electron chi connectivity index (χ1n) is 5.78. The van der Waals surface area contributed by atoms with Crippen molar-refractivity contribution in [2.75, 3.05) is 19.8 Å². The lowest BCUT2D eigenvalue weighted by Gasteiger charge is -2.06. The Morgan fingerprint density at radius 2 is 2.06 bits per heavy atom. The Balaban J connectivity index is 2.29. The molecule has 0 aliphatic carbocycles. The normalized spacial score (nSPS) is 10.1. The third-order valence-corrected chi connectivity index (χ3v) is 2.56. The zero-order valence-corrected chi connectivity index (χ0v) is 11.3. The van der Waals surface area contributed by atoms with Gasteiger partial charge in [0, 0.05) is 18.0 Å². The number of rotatable bonds is 7. The largest absolute Gasteiger partial charge is 0.375 e. The number of benzene rings is 1. The molecule has 1 aromatic carbocycles. The van der Waals surface area contributed by atoms with Crippen molar-refractivity contribution in [3.8, 4) is 0 Å². The number of ether oxygens (including phenoxy) is 1. The molecular formula is C14H18ClNO2. The molecule has 98 valence electrons. The van der Waals surface area contributed by atoms with Gasteiger partial charge in [-0.2, -0.15) is 0 Å². The van der Waals surface area contributed by atoms with Crippen molar-refractivity contribution in [2.24, 2.45) is 0 Å². The van der Waals surface area contributed by atoms with Gasteiger partial charge in [-0.3, -0.25) is 4.79 Å². The van der Waals surface area contributed by atoms with Crippen LogP contribution >= 0.6 is 11.6 Å². The lowest BCUT2D eigenvalue weighted by molar-refractivity contribution is 0.0927. The van der Waals surface area contributed by atoms with Crippen LogP contribution in [0.1, 0.15) is 22.8 Å². The number of hydrogen-bond acceptors (Lipinski definition) is 2. The minimum atomic E-state index is -0.102. The van der Waals surface area contributed by atoms with E-state index in [-0.39, 0.29) is 5.91 Å². The van der Waals surface area contributed by atoms with Crippen LogP contribution in [-0.2, 0) is 10.6 Å². The van der Waals surface area contributed by atoms with Crippen molar-refractivity contribution in [3.63, 3.8) is 0 Å². The van der Waals surface area contributed by atoms with Crippen LogP contribution in [0.5, 0.6) is 0 Å². The average molecular weight is 268 g/mol. The first kappa shape index (κ1) is 14.7. The summed E-state index contributed by atoms with van der Waals surface area (Å²) in [4.78, 5) is 11.7. The predicted molar refractivity (Wildman–Crippen MR) is 74.0 cm³/mol. The summed E-state index contributed by atoms with van der Waals surface area (Å²) >= 11 is 5.68. The summed E-state index contributed by atoms with van der Waals surface area (Å²) in [6, 6.07) is 7.22. The average Bonchev–Trinajstić information content (AvgIpc) is 2.38. The summed E-state index contributed by atoms with van der Waals surface area (Å²) in [5.74, 6) is 0.353. The van der Waals surface area contributed by atoms with Crippen LogP contribution in [0.15, 0.2) is 36.4 Å². The molecule has 0 aliphatic heterocycles. The molecule has 0 spiro atoms. The van der Waals surface area contributed by atoms with E-state index in [4.69, 9.17) is 16.3 Å². The van der Waals surface area contributed by atoms with Crippen molar-refractivity contribution >= 4 is 17.5 Å². The third-order valence-electron chi connectivity index (χ3n) is 2.25. The van der Waals surface area contributed by atoms with Crippen LogP contribution in [-0.4, -0.2) is 25.7 Å². The van der Waals surface area contributed by atoms with E-state index in [1.165, 1.54) is 0 Å². The number of nitrogens with one attached hydrogen (secondary N) is 1. The number of carbonyl (C=O) groups is 1. The standard InChI is InChI=1S/C14H18ClNO2/c1-11(2)10-18-8-7-16-14(17)13-5-3-12(9-15)4-6-13/h3-6H,1,7-10H2,2H3,(H,16,17). The highest BCUT2D eigenvalue weighted by Crippen LogP contribution is 2.06. The molecule has 1 aromatic rings. The van der Waals surface area contributed by atoms with Gasteiger partial charge in [-0.15, -0.1) is 11.6 Å². The van der Waals surface area contributed by atoms with Crippen LogP contribution in [0.25, 0.3) is 0 Å². The van der Waals surface area contributed by atoms with Crippen LogP contribution in [0.3, 0.4) is 0 Å². The molecule has 0 fully saturated rings. The van der Waals surface area contributed by atoms with E-state index in [9.17, 15) is 4.79 Å². The molecule has 0 radical (unpaired) electrons. The van der Waals surface area contributed by atoms with Gasteiger partial charge >= 0.3 is 0 Å². The van der Waals surface area contributed by atoms with Gasteiger partial charge in [0.1, 0.15) is 0 Å². The van der Waals surface area contributed by atoms with E-state index >= 15 is 0 Å². The van der Waals surface area contributed by atoms with Crippen molar-refractivity contribution in [2.45, 2.75) is 12.8 Å². The maximum atomic E-state index is 11.7. The number of alkyl halides is 1. The van der Waals surface area contributed by atoms with E-state index in [0.29, 0.717) is 31.2 Å². The minimum absolute atomic E-state index is 0.102. The zero-order valence-electron chi connectivity index (χ0n) is 10.5. The highest BCUT2D eigenvalue weighted by atomic mass is 35.5. The van der Waals surface area contributed by atoms with Crippen LogP contribution in [0.2, 0.25) is 0 Å². The molecular weight excluding hydrogens is 250 g/mol. The molecule has 0 heterocycles. The van der Waals surface area contributed by atoms with Crippen LogP contribution < -0.4 is 5.32 Å². The molecule has 3 nitrogen and oxygen atoms in total. The molecule has 0 saturated carbocycles. The number of amides is 1. The Morgan fingerprint density at radius 1 is 1.39 bits per heavy atom. The van der Waals surface area contributed by atoms with Crippen molar-refractivity contribution in [1.82, 2.24) is 5.32 Å². The maximum Gasteiger partial charge on any atom is 0.251 e. The Morgan fingerprint density at radius 3 is 2.61 bits per heavy atom. The van der Waals surface area contributed by atoms with Crippen molar-refractivity contribution < 1.29 is 9.53 Å². The predicted octanol–water partition coefficient (Wildman–Crippen LogP) is 2.75. The van der Waals surface area contributed by atoms with Gasteiger partial charge in [-0.05, 0) is 24.6 Å². The van der Waals surface area contributed by atoms with Crippen LogP contribution in [0, 0.1) is 0 Å². The Labute approximate surface area is 113 Å². The smallest absolute Gasteiger partial charge is 0.251 e. The Bertz CT molecular complexity index is 401. The van der Waals surface area contributed by atoms with Crippen molar-refractivity contribution in [3.05, 3.63) is 47.5 Å². The molecule has 0 saturated heterocycles. The lowest BCUT2D eigenvalue weighted by Crippen LogP contribution is -2.27. The number of carbonyl (C=O) groups excluding carboxylic acids is 1. The quantitative estimate of drug-likeness (QED) is 0.469. The molecule has 1 rings (SSSR count). The molecule has 1 N–H and O–H groups in total. The number of hydrogen-bond donors (Lipinski definition) is 1. The highest BCUT2D eigenvalue weighted by Gasteiger charge is 2.04. The molecule has 4 heteroatoms. The molecule has 18 heavy (non-hydrogen) atoms. The van der Waals surface area contributed by atoms with E-state index in [1.807, 2.05) is 19.1 Å². The van der Waals surface area contributed by atoms with Crippen molar-refractivity contribution in [1.29, 1.82) is 0 Å². The minimum Gasteiger partial charge on any atom is -0.375 e. The molecule has 0 atom stereocenters. The summed E-state index contributed by atoms with van der Waals surface area (Å²) in [5.41, 5.74) is 2.60. The van der Waals surface area contributed by atoms with Gasteiger partial charge in [0.2, 0.25) is 0 Å². The van der Waals surface area contributed by atoms with E-state index in [2.05, 4.69) is 11.9 Å². The van der Waals surface area contributed by atoms with Gasteiger partial charge in [0.15, 0.2) is 0 Å². The second-order valence-electron chi connectivity index (χ2n) is 4.10.